The normalized spacial score (nSPS) is 20.8. The molecular weight excluding hydrogens is 586 g/mol. The van der Waals surface area contributed by atoms with Crippen molar-refractivity contribution in [3.05, 3.63) is 76.6 Å². The highest BCUT2D eigenvalue weighted by atomic mass is 16.7. The summed E-state index contributed by atoms with van der Waals surface area (Å²) in [5.41, 5.74) is -0.166. The summed E-state index contributed by atoms with van der Waals surface area (Å²) in [5, 5.41) is 24.3. The van der Waals surface area contributed by atoms with Gasteiger partial charge in [0.2, 0.25) is 12.0 Å². The van der Waals surface area contributed by atoms with Gasteiger partial charge >= 0.3 is 5.63 Å². The van der Waals surface area contributed by atoms with Gasteiger partial charge in [-0.15, -0.1) is 0 Å². The fourth-order valence-corrected chi connectivity index (χ4v) is 5.40. The number of aliphatic hydroxyl groups is 2. The highest BCUT2D eigenvalue weighted by Gasteiger charge is 2.50. The molecule has 3 aromatic carbocycles. The van der Waals surface area contributed by atoms with E-state index in [1.54, 1.807) is 45.2 Å². The van der Waals surface area contributed by atoms with Gasteiger partial charge in [0.25, 0.3) is 5.91 Å². The van der Waals surface area contributed by atoms with E-state index in [0.29, 0.717) is 22.4 Å². The minimum Gasteiger partial charge on any atom is -0.497 e. The number of carbonyl (C=O) groups is 1. The first kappa shape index (κ1) is 31.8. The molecule has 1 amide bonds. The van der Waals surface area contributed by atoms with Crippen LogP contribution in [-0.4, -0.2) is 74.8 Å². The van der Waals surface area contributed by atoms with E-state index in [1.165, 1.54) is 33.5 Å². The Hall–Kier alpha value is -4.62. The number of aliphatic hydroxyl groups excluding tert-OH is 2. The molecule has 1 aromatic heterocycles. The van der Waals surface area contributed by atoms with Gasteiger partial charge in [-0.1, -0.05) is 12.1 Å². The third-order valence-corrected chi connectivity index (χ3v) is 7.66. The van der Waals surface area contributed by atoms with Crippen molar-refractivity contribution >= 4 is 22.6 Å². The molecule has 5 rings (SSSR count). The maximum absolute atomic E-state index is 13.3. The van der Waals surface area contributed by atoms with Gasteiger partial charge in [0.05, 0.1) is 26.9 Å². The lowest BCUT2D eigenvalue weighted by Crippen LogP contribution is -2.63. The van der Waals surface area contributed by atoms with Gasteiger partial charge in [-0.05, 0) is 67.9 Å². The second-order valence-electron chi connectivity index (χ2n) is 10.9. The number of fused-ring (bicyclic) bond motifs is 1. The van der Waals surface area contributed by atoms with Gasteiger partial charge in [-0.25, -0.2) is 4.79 Å². The van der Waals surface area contributed by atoms with E-state index in [4.69, 9.17) is 32.8 Å². The van der Waals surface area contributed by atoms with Crippen molar-refractivity contribution < 1.29 is 47.8 Å². The lowest BCUT2D eigenvalue weighted by molar-refractivity contribution is -0.306. The molecule has 4 aromatic rings. The molecule has 0 saturated carbocycles. The number of hydrogen-bond donors (Lipinski definition) is 3. The Morgan fingerprint density at radius 2 is 1.64 bits per heavy atom. The summed E-state index contributed by atoms with van der Waals surface area (Å²) in [6.45, 7) is 3.40. The summed E-state index contributed by atoms with van der Waals surface area (Å²) >= 11 is 0. The van der Waals surface area contributed by atoms with Crippen molar-refractivity contribution in [3.63, 3.8) is 0 Å². The molecule has 1 aliphatic rings. The van der Waals surface area contributed by atoms with Crippen LogP contribution in [0.2, 0.25) is 0 Å². The van der Waals surface area contributed by atoms with Gasteiger partial charge in [0.1, 0.15) is 35.5 Å². The first-order chi connectivity index (χ1) is 21.5. The maximum Gasteiger partial charge on any atom is 0.360 e. The van der Waals surface area contributed by atoms with Crippen LogP contribution in [0.15, 0.2) is 69.9 Å². The maximum atomic E-state index is 13.3. The van der Waals surface area contributed by atoms with Gasteiger partial charge in [-0.2, -0.15) is 0 Å². The summed E-state index contributed by atoms with van der Waals surface area (Å²) in [7, 11) is 5.87. The average Bonchev–Trinajstić information content (AvgIpc) is 3.03. The van der Waals surface area contributed by atoms with Gasteiger partial charge in [0, 0.05) is 23.6 Å². The molecule has 45 heavy (non-hydrogen) atoms. The zero-order chi connectivity index (χ0) is 32.5. The Morgan fingerprint density at radius 3 is 2.33 bits per heavy atom. The third-order valence-electron chi connectivity index (χ3n) is 7.66. The number of amides is 1. The Labute approximate surface area is 259 Å². The van der Waals surface area contributed by atoms with Gasteiger partial charge in [-0.3, -0.25) is 4.79 Å². The van der Waals surface area contributed by atoms with Crippen LogP contribution in [0.1, 0.15) is 24.2 Å². The fourth-order valence-electron chi connectivity index (χ4n) is 5.40. The van der Waals surface area contributed by atoms with E-state index in [0.717, 1.165) is 5.56 Å². The fraction of sp³-hybridized carbons (Fsp3) is 0.333. The summed E-state index contributed by atoms with van der Waals surface area (Å²) in [5.74, 6) is 0.802. The smallest absolute Gasteiger partial charge is 0.360 e. The second kappa shape index (κ2) is 12.8. The molecule has 0 aliphatic carbocycles. The number of methoxy groups -OCH3 is 4. The first-order valence-electron chi connectivity index (χ1n) is 14.0. The minimum atomic E-state index is -1.45. The quantitative estimate of drug-likeness (QED) is 0.232. The Morgan fingerprint density at radius 1 is 0.889 bits per heavy atom. The van der Waals surface area contributed by atoms with E-state index < -0.39 is 41.7 Å². The number of rotatable bonds is 9. The zero-order valence-electron chi connectivity index (χ0n) is 25.7. The largest absolute Gasteiger partial charge is 0.497 e. The molecule has 1 fully saturated rings. The van der Waals surface area contributed by atoms with Crippen molar-refractivity contribution in [1.29, 1.82) is 0 Å². The molecular formula is C33H35NO11. The van der Waals surface area contributed by atoms with Crippen molar-refractivity contribution in [2.24, 2.45) is 0 Å². The monoisotopic (exact) mass is 621 g/mol. The number of carbonyl (C=O) groups excluding carboxylic acids is 1. The number of anilines is 1. The Balaban J connectivity index is 1.42. The van der Waals surface area contributed by atoms with Crippen molar-refractivity contribution in [2.45, 2.75) is 44.1 Å². The molecule has 1 saturated heterocycles. The summed E-state index contributed by atoms with van der Waals surface area (Å²) in [6.07, 6.45) is -4.83. The zero-order valence-corrected chi connectivity index (χ0v) is 25.7. The summed E-state index contributed by atoms with van der Waals surface area (Å²) in [4.78, 5) is 26.3. The van der Waals surface area contributed by atoms with Gasteiger partial charge in [0.15, 0.2) is 11.3 Å². The van der Waals surface area contributed by atoms with E-state index >= 15 is 0 Å². The lowest BCUT2D eigenvalue weighted by Gasteiger charge is -2.46. The minimum absolute atomic E-state index is 0.0441. The standard InChI is InChI=1S/C33H35NO11/c1-33(2)29(42-6)25(35)26(36)32(45-33)43-24-13-10-18-16-22(31(38)44-27(18)28(24)41-5)34-30(37)19-11-12-23(40-4)21(15-19)17-8-7-9-20(14-17)39-3/h7-16,25-26,29,32,35-36H,1-6H3,(H,34,37)/t25?,26?,29-,32-/m1/s1. The molecule has 4 atom stereocenters. The highest BCUT2D eigenvalue weighted by Crippen LogP contribution is 2.39. The summed E-state index contributed by atoms with van der Waals surface area (Å²) in [6, 6.07) is 16.8. The second-order valence-corrected chi connectivity index (χ2v) is 10.9. The third kappa shape index (κ3) is 6.18. The van der Waals surface area contributed by atoms with Crippen LogP contribution in [0.3, 0.4) is 0 Å². The van der Waals surface area contributed by atoms with Crippen LogP contribution in [0.5, 0.6) is 23.0 Å². The van der Waals surface area contributed by atoms with Crippen LogP contribution in [0.4, 0.5) is 5.69 Å². The SMILES string of the molecule is COc1cccc(-c2cc(C(=O)Nc3cc4ccc(O[C@@H]5OC(C)(C)[C@H](OC)C(O)C5O)c(OC)c4oc3=O)ccc2OC)c1. The number of hydrogen-bond acceptors (Lipinski definition) is 11. The van der Waals surface area contributed by atoms with Crippen LogP contribution in [0.25, 0.3) is 22.1 Å². The predicted octanol–water partition coefficient (Wildman–Crippen LogP) is 3.99. The molecule has 12 heteroatoms. The highest BCUT2D eigenvalue weighted by molar-refractivity contribution is 6.06. The molecule has 0 radical (unpaired) electrons. The van der Waals surface area contributed by atoms with E-state index in [9.17, 15) is 19.8 Å². The Bertz CT molecular complexity index is 1770. The lowest BCUT2D eigenvalue weighted by atomic mass is 9.89. The van der Waals surface area contributed by atoms with Crippen LogP contribution in [0, 0.1) is 0 Å². The van der Waals surface area contributed by atoms with Crippen LogP contribution < -0.4 is 29.9 Å². The van der Waals surface area contributed by atoms with Crippen molar-refractivity contribution in [3.8, 4) is 34.1 Å². The van der Waals surface area contributed by atoms with Crippen molar-refractivity contribution in [1.82, 2.24) is 0 Å². The number of ether oxygens (including phenoxy) is 6. The molecule has 2 heterocycles. The average molecular weight is 622 g/mol. The number of nitrogens with one attached hydrogen (secondary N) is 1. The van der Waals surface area contributed by atoms with E-state index in [2.05, 4.69) is 5.32 Å². The van der Waals surface area contributed by atoms with Crippen LogP contribution >= 0.6 is 0 Å². The Kier molecular flexibility index (Phi) is 9.03. The predicted molar refractivity (Wildman–Crippen MR) is 164 cm³/mol. The molecule has 3 N–H and O–H groups in total. The van der Waals surface area contributed by atoms with Gasteiger partial charge < -0.3 is 48.4 Å². The van der Waals surface area contributed by atoms with Crippen LogP contribution in [-0.2, 0) is 9.47 Å². The number of benzene rings is 3. The molecule has 238 valence electrons. The molecule has 2 unspecified atom stereocenters. The summed E-state index contributed by atoms with van der Waals surface area (Å²) < 4.78 is 39.0. The van der Waals surface area contributed by atoms with E-state index in [1.807, 2.05) is 24.3 Å². The topological polar surface area (TPSA) is 155 Å². The van der Waals surface area contributed by atoms with E-state index in [-0.39, 0.29) is 28.3 Å². The van der Waals surface area contributed by atoms with Crippen molar-refractivity contribution in [2.75, 3.05) is 33.8 Å². The molecule has 1 aliphatic heterocycles. The first-order valence-corrected chi connectivity index (χ1v) is 14.0. The molecule has 0 bridgehead atoms. The molecule has 12 nitrogen and oxygen atoms in total. The molecule has 0 spiro atoms.